The van der Waals surface area contributed by atoms with Crippen molar-refractivity contribution in [3.8, 4) is 0 Å². The van der Waals surface area contributed by atoms with Gasteiger partial charge in [0.1, 0.15) is 17.5 Å². The van der Waals surface area contributed by atoms with E-state index >= 15 is 0 Å². The van der Waals surface area contributed by atoms with Crippen molar-refractivity contribution in [2.24, 2.45) is 5.84 Å². The van der Waals surface area contributed by atoms with Crippen molar-refractivity contribution in [2.45, 2.75) is 38.6 Å². The lowest BCUT2D eigenvalue weighted by atomic mass is 10.1. The lowest BCUT2D eigenvalue weighted by molar-refractivity contribution is 0.660. The number of anilines is 2. The van der Waals surface area contributed by atoms with E-state index in [-0.39, 0.29) is 0 Å². The summed E-state index contributed by atoms with van der Waals surface area (Å²) in [7, 11) is 0. The minimum absolute atomic E-state index is 0.292. The predicted octanol–water partition coefficient (Wildman–Crippen LogP) is 2.19. The molecule has 100 valence electrons. The van der Waals surface area contributed by atoms with Crippen molar-refractivity contribution >= 4 is 23.4 Å². The first-order valence-electron chi connectivity index (χ1n) is 6.39. The molecule has 0 unspecified atom stereocenters. The van der Waals surface area contributed by atoms with Crippen LogP contribution in [0.25, 0.3) is 0 Å². The topological polar surface area (TPSA) is 75.9 Å². The van der Waals surface area contributed by atoms with Gasteiger partial charge in [-0.2, -0.15) is 11.8 Å². The van der Waals surface area contributed by atoms with E-state index in [4.69, 9.17) is 5.84 Å². The molecule has 0 amide bonds. The molecular weight excluding hydrogens is 246 g/mol. The van der Waals surface area contributed by atoms with E-state index < -0.39 is 0 Å². The molecule has 1 aliphatic rings. The average Bonchev–Trinajstić information content (AvgIpc) is 2.39. The van der Waals surface area contributed by atoms with Crippen LogP contribution in [-0.2, 0) is 0 Å². The predicted molar refractivity (Wildman–Crippen MR) is 77.9 cm³/mol. The summed E-state index contributed by atoms with van der Waals surface area (Å²) < 4.78 is 0. The second kappa shape index (κ2) is 6.24. The van der Waals surface area contributed by atoms with Crippen LogP contribution < -0.4 is 16.6 Å². The lowest BCUT2D eigenvalue weighted by Gasteiger charge is -2.23. The molecule has 0 atom stereocenters. The Labute approximate surface area is 112 Å². The van der Waals surface area contributed by atoms with Gasteiger partial charge in [-0.15, -0.1) is 0 Å². The van der Waals surface area contributed by atoms with E-state index in [1.807, 2.05) is 17.8 Å². The third kappa shape index (κ3) is 3.49. The molecule has 1 saturated heterocycles. The van der Waals surface area contributed by atoms with Crippen LogP contribution in [0.2, 0.25) is 0 Å². The molecule has 6 heteroatoms. The van der Waals surface area contributed by atoms with Gasteiger partial charge in [0.2, 0.25) is 0 Å². The van der Waals surface area contributed by atoms with Crippen molar-refractivity contribution in [1.29, 1.82) is 0 Å². The molecule has 1 aromatic heterocycles. The number of hydrogen-bond donors (Lipinski definition) is 3. The van der Waals surface area contributed by atoms with Crippen LogP contribution in [0.15, 0.2) is 6.07 Å². The number of nitrogens with two attached hydrogens (primary N) is 1. The fourth-order valence-electron chi connectivity index (χ4n) is 1.92. The van der Waals surface area contributed by atoms with Crippen LogP contribution in [0, 0.1) is 0 Å². The Hall–Kier alpha value is -1.01. The molecule has 0 aliphatic carbocycles. The molecule has 1 fully saturated rings. The number of nitrogens with zero attached hydrogens (tertiary/aromatic N) is 2. The highest BCUT2D eigenvalue weighted by atomic mass is 32.2. The Morgan fingerprint density at radius 3 is 2.56 bits per heavy atom. The third-order valence-electron chi connectivity index (χ3n) is 2.98. The van der Waals surface area contributed by atoms with Crippen LogP contribution in [0.5, 0.6) is 0 Å². The van der Waals surface area contributed by atoms with Crippen LogP contribution in [-0.4, -0.2) is 27.5 Å². The summed E-state index contributed by atoms with van der Waals surface area (Å²) in [4.78, 5) is 8.90. The molecule has 4 N–H and O–H groups in total. The molecule has 0 spiro atoms. The Kier molecular flexibility index (Phi) is 4.66. The molecule has 18 heavy (non-hydrogen) atoms. The number of hydrogen-bond acceptors (Lipinski definition) is 6. The molecule has 0 aromatic carbocycles. The first-order valence-corrected chi connectivity index (χ1v) is 7.54. The molecular formula is C12H21N5S. The van der Waals surface area contributed by atoms with Gasteiger partial charge < -0.3 is 10.7 Å². The summed E-state index contributed by atoms with van der Waals surface area (Å²) in [6, 6.07) is 2.39. The van der Waals surface area contributed by atoms with Crippen molar-refractivity contribution in [1.82, 2.24) is 9.97 Å². The van der Waals surface area contributed by atoms with Crippen molar-refractivity contribution < 1.29 is 0 Å². The molecule has 2 rings (SSSR count). The number of rotatable bonds is 4. The van der Waals surface area contributed by atoms with Crippen LogP contribution in [0.3, 0.4) is 0 Å². The van der Waals surface area contributed by atoms with E-state index in [1.165, 1.54) is 24.3 Å². The largest absolute Gasteiger partial charge is 0.367 e. The Morgan fingerprint density at radius 2 is 1.94 bits per heavy atom. The molecule has 5 nitrogen and oxygen atoms in total. The maximum Gasteiger partial charge on any atom is 0.145 e. The number of nitrogen functional groups attached to an aromatic ring is 1. The highest BCUT2D eigenvalue weighted by Gasteiger charge is 2.15. The first kappa shape index (κ1) is 13.4. The smallest absolute Gasteiger partial charge is 0.145 e. The van der Waals surface area contributed by atoms with Gasteiger partial charge in [-0.3, -0.25) is 0 Å². The quantitative estimate of drug-likeness (QED) is 0.573. The molecule has 0 saturated carbocycles. The van der Waals surface area contributed by atoms with Gasteiger partial charge in [-0.1, -0.05) is 13.8 Å². The molecule has 0 radical (unpaired) electrons. The summed E-state index contributed by atoms with van der Waals surface area (Å²) >= 11 is 2.02. The zero-order valence-electron chi connectivity index (χ0n) is 10.9. The Balaban J connectivity index is 2.12. The fourth-order valence-corrected chi connectivity index (χ4v) is 3.03. The van der Waals surface area contributed by atoms with E-state index in [1.54, 1.807) is 0 Å². The number of thioether (sulfide) groups is 1. The zero-order valence-corrected chi connectivity index (χ0v) is 11.8. The van der Waals surface area contributed by atoms with Gasteiger partial charge in [-0.25, -0.2) is 15.8 Å². The van der Waals surface area contributed by atoms with Crippen LogP contribution >= 0.6 is 11.8 Å². The van der Waals surface area contributed by atoms with Gasteiger partial charge in [0.25, 0.3) is 0 Å². The molecule has 2 heterocycles. The standard InChI is InChI=1S/C12H21N5S/c1-8(2)12-15-10(7-11(16-12)17-13)14-9-3-5-18-6-4-9/h7-9H,3-6,13H2,1-2H3,(H2,14,15,16,17). The fraction of sp³-hybridized carbons (Fsp3) is 0.667. The maximum atomic E-state index is 5.45. The van der Waals surface area contributed by atoms with Crippen molar-refractivity contribution in [3.63, 3.8) is 0 Å². The minimum atomic E-state index is 0.292. The first-order chi connectivity index (χ1) is 8.69. The minimum Gasteiger partial charge on any atom is -0.367 e. The molecule has 1 aromatic rings. The lowest BCUT2D eigenvalue weighted by Crippen LogP contribution is -2.25. The SMILES string of the molecule is CC(C)c1nc(NN)cc(NC2CCSCC2)n1. The maximum absolute atomic E-state index is 5.45. The van der Waals surface area contributed by atoms with E-state index in [2.05, 4.69) is 34.6 Å². The second-order valence-corrected chi connectivity index (χ2v) is 6.05. The average molecular weight is 267 g/mol. The number of nitrogens with one attached hydrogen (secondary N) is 2. The summed E-state index contributed by atoms with van der Waals surface area (Å²) in [5.74, 6) is 10.5. The number of hydrazine groups is 1. The Morgan fingerprint density at radius 1 is 1.28 bits per heavy atom. The summed E-state index contributed by atoms with van der Waals surface area (Å²) in [5.41, 5.74) is 2.60. The third-order valence-corrected chi connectivity index (χ3v) is 4.03. The van der Waals surface area contributed by atoms with Gasteiger partial charge in [0, 0.05) is 18.0 Å². The Bertz CT molecular complexity index is 390. The second-order valence-electron chi connectivity index (χ2n) is 4.83. The normalized spacial score (nSPS) is 16.9. The van der Waals surface area contributed by atoms with Gasteiger partial charge >= 0.3 is 0 Å². The van der Waals surface area contributed by atoms with Crippen molar-refractivity contribution in [2.75, 3.05) is 22.2 Å². The van der Waals surface area contributed by atoms with E-state index in [0.717, 1.165) is 11.6 Å². The highest BCUT2D eigenvalue weighted by molar-refractivity contribution is 7.99. The molecule has 1 aliphatic heterocycles. The number of aromatic nitrogens is 2. The summed E-state index contributed by atoms with van der Waals surface area (Å²) in [6.07, 6.45) is 2.38. The summed E-state index contributed by atoms with van der Waals surface area (Å²) in [5, 5.41) is 3.49. The van der Waals surface area contributed by atoms with Crippen LogP contribution in [0.4, 0.5) is 11.6 Å². The zero-order chi connectivity index (χ0) is 13.0. The van der Waals surface area contributed by atoms with Crippen molar-refractivity contribution in [3.05, 3.63) is 11.9 Å². The van der Waals surface area contributed by atoms with E-state index in [0.29, 0.717) is 17.8 Å². The van der Waals surface area contributed by atoms with Gasteiger partial charge in [0.15, 0.2) is 0 Å². The van der Waals surface area contributed by atoms with Gasteiger partial charge in [-0.05, 0) is 24.3 Å². The monoisotopic (exact) mass is 267 g/mol. The highest BCUT2D eigenvalue weighted by Crippen LogP contribution is 2.22. The van der Waals surface area contributed by atoms with E-state index in [9.17, 15) is 0 Å². The molecule has 0 bridgehead atoms. The van der Waals surface area contributed by atoms with Crippen LogP contribution in [0.1, 0.15) is 38.4 Å². The van der Waals surface area contributed by atoms with Gasteiger partial charge in [0.05, 0.1) is 0 Å². The summed E-state index contributed by atoms with van der Waals surface area (Å²) in [6.45, 7) is 4.16.